The van der Waals surface area contributed by atoms with Crippen molar-refractivity contribution in [1.29, 1.82) is 0 Å². The van der Waals surface area contributed by atoms with E-state index in [0.29, 0.717) is 17.3 Å². The zero-order valence-electron chi connectivity index (χ0n) is 12.8. The second-order valence-electron chi connectivity index (χ2n) is 5.62. The fourth-order valence-electron chi connectivity index (χ4n) is 2.61. The molecule has 122 valence electrons. The number of likely N-dealkylation sites (tertiary alicyclic amines) is 1. The van der Waals surface area contributed by atoms with E-state index >= 15 is 0 Å². The van der Waals surface area contributed by atoms with Crippen molar-refractivity contribution in [3.05, 3.63) is 29.3 Å². The van der Waals surface area contributed by atoms with Gasteiger partial charge in [-0.1, -0.05) is 23.1 Å². The average Bonchev–Trinajstić information content (AvgIpc) is 3.03. The number of carbonyl (C=O) groups excluding carboxylic acids is 1. The number of carbonyl (C=O) groups is 1. The van der Waals surface area contributed by atoms with Crippen LogP contribution in [0.1, 0.15) is 25.7 Å². The summed E-state index contributed by atoms with van der Waals surface area (Å²) in [6, 6.07) is 7.20. The van der Waals surface area contributed by atoms with Gasteiger partial charge in [-0.05, 0) is 50.2 Å². The van der Waals surface area contributed by atoms with Gasteiger partial charge < -0.3 is 9.32 Å². The summed E-state index contributed by atoms with van der Waals surface area (Å²) in [5, 5.41) is 11.1. The van der Waals surface area contributed by atoms with E-state index in [1.165, 1.54) is 19.3 Å². The lowest BCUT2D eigenvalue weighted by Crippen LogP contribution is -2.32. The minimum absolute atomic E-state index is 0.109. The lowest BCUT2D eigenvalue weighted by Gasteiger charge is -2.25. The van der Waals surface area contributed by atoms with E-state index in [9.17, 15) is 4.79 Å². The third-order valence-electron chi connectivity index (χ3n) is 3.87. The Labute approximate surface area is 139 Å². The molecule has 23 heavy (non-hydrogen) atoms. The molecular formula is C16H19ClN4O2. The summed E-state index contributed by atoms with van der Waals surface area (Å²) in [6.45, 7) is 2.92. The van der Waals surface area contributed by atoms with Crippen molar-refractivity contribution in [3.63, 3.8) is 0 Å². The number of nitrogens with one attached hydrogen (secondary N) is 1. The molecule has 1 aliphatic heterocycles. The molecule has 1 amide bonds. The van der Waals surface area contributed by atoms with E-state index in [1.54, 1.807) is 24.3 Å². The lowest BCUT2D eigenvalue weighted by atomic mass is 10.1. The number of rotatable bonds is 5. The maximum atomic E-state index is 12.0. The van der Waals surface area contributed by atoms with Crippen LogP contribution in [0.15, 0.2) is 28.7 Å². The van der Waals surface area contributed by atoms with Gasteiger partial charge in [0.25, 0.3) is 0 Å². The van der Waals surface area contributed by atoms with Gasteiger partial charge in [-0.25, -0.2) is 0 Å². The van der Waals surface area contributed by atoms with Crippen molar-refractivity contribution in [1.82, 2.24) is 15.1 Å². The minimum atomic E-state index is -0.109. The van der Waals surface area contributed by atoms with Crippen LogP contribution in [-0.4, -0.2) is 40.6 Å². The molecule has 0 unspecified atom stereocenters. The normalized spacial score (nSPS) is 15.5. The second-order valence-corrected chi connectivity index (χ2v) is 6.06. The largest absolute Gasteiger partial charge is 0.403 e. The Morgan fingerprint density at radius 2 is 1.91 bits per heavy atom. The van der Waals surface area contributed by atoms with Gasteiger partial charge in [-0.15, -0.1) is 5.10 Å². The molecule has 0 atom stereocenters. The summed E-state index contributed by atoms with van der Waals surface area (Å²) in [4.78, 5) is 14.3. The average molecular weight is 335 g/mol. The number of nitrogens with zero attached hydrogens (tertiary/aromatic N) is 3. The van der Waals surface area contributed by atoms with E-state index < -0.39 is 0 Å². The summed E-state index contributed by atoms with van der Waals surface area (Å²) >= 11 is 5.84. The van der Waals surface area contributed by atoms with Crippen molar-refractivity contribution in [2.75, 3.05) is 25.0 Å². The second kappa shape index (κ2) is 7.57. The molecule has 0 bridgehead atoms. The Kier molecular flexibility index (Phi) is 5.25. The summed E-state index contributed by atoms with van der Waals surface area (Å²) in [5.41, 5.74) is 0.760. The van der Waals surface area contributed by atoms with Gasteiger partial charge in [0, 0.05) is 23.6 Å². The summed E-state index contributed by atoms with van der Waals surface area (Å²) < 4.78 is 5.46. The first-order valence-electron chi connectivity index (χ1n) is 7.82. The number of hydrogen-bond donors (Lipinski definition) is 1. The summed E-state index contributed by atoms with van der Waals surface area (Å²) in [7, 11) is 0. The summed E-state index contributed by atoms with van der Waals surface area (Å²) in [5.74, 6) is 0.245. The molecule has 2 heterocycles. The van der Waals surface area contributed by atoms with Crippen LogP contribution in [0.3, 0.4) is 0 Å². The van der Waals surface area contributed by atoms with Crippen LogP contribution in [0, 0.1) is 0 Å². The predicted molar refractivity (Wildman–Crippen MR) is 88.3 cm³/mol. The highest BCUT2D eigenvalue weighted by atomic mass is 35.5. The van der Waals surface area contributed by atoms with Gasteiger partial charge >= 0.3 is 6.01 Å². The fourth-order valence-corrected chi connectivity index (χ4v) is 2.73. The molecule has 3 rings (SSSR count). The van der Waals surface area contributed by atoms with E-state index in [4.69, 9.17) is 16.0 Å². The maximum absolute atomic E-state index is 12.0. The number of amides is 1. The number of benzene rings is 1. The van der Waals surface area contributed by atoms with Crippen LogP contribution < -0.4 is 5.32 Å². The molecule has 1 saturated heterocycles. The number of halogens is 1. The molecule has 1 aromatic carbocycles. The molecule has 6 nitrogen and oxygen atoms in total. The fraction of sp³-hybridized carbons (Fsp3) is 0.438. The molecule has 7 heteroatoms. The van der Waals surface area contributed by atoms with Crippen molar-refractivity contribution in [2.45, 2.75) is 25.7 Å². The monoisotopic (exact) mass is 334 g/mol. The third-order valence-corrected chi connectivity index (χ3v) is 4.12. The molecule has 0 radical (unpaired) electrons. The van der Waals surface area contributed by atoms with Crippen LogP contribution in [0.4, 0.5) is 6.01 Å². The minimum Gasteiger partial charge on any atom is -0.403 e. The van der Waals surface area contributed by atoms with Crippen LogP contribution in [0.25, 0.3) is 11.5 Å². The lowest BCUT2D eigenvalue weighted by molar-refractivity contribution is -0.116. The predicted octanol–water partition coefficient (Wildman–Crippen LogP) is 3.20. The van der Waals surface area contributed by atoms with E-state index in [-0.39, 0.29) is 11.9 Å². The van der Waals surface area contributed by atoms with Crippen LogP contribution in [-0.2, 0) is 4.79 Å². The molecule has 2 aromatic rings. The maximum Gasteiger partial charge on any atom is 0.322 e. The first-order valence-corrected chi connectivity index (χ1v) is 8.20. The van der Waals surface area contributed by atoms with Crippen molar-refractivity contribution in [3.8, 4) is 11.5 Å². The molecule has 0 aliphatic carbocycles. The standard InChI is InChI=1S/C16H19ClN4O2/c17-13-6-4-12(5-7-13)15-19-20-16(23-15)18-14(22)8-11-21-9-2-1-3-10-21/h4-7H,1-3,8-11H2,(H,18,20,22). The highest BCUT2D eigenvalue weighted by Gasteiger charge is 2.14. The number of hydrogen-bond acceptors (Lipinski definition) is 5. The highest BCUT2D eigenvalue weighted by molar-refractivity contribution is 6.30. The Balaban J connectivity index is 1.51. The van der Waals surface area contributed by atoms with Crippen LogP contribution in [0.5, 0.6) is 0 Å². The van der Waals surface area contributed by atoms with Crippen LogP contribution >= 0.6 is 11.6 Å². The summed E-state index contributed by atoms with van der Waals surface area (Å²) in [6.07, 6.45) is 4.16. The zero-order chi connectivity index (χ0) is 16.1. The van der Waals surface area contributed by atoms with Gasteiger partial charge in [-0.2, -0.15) is 0 Å². The molecule has 1 N–H and O–H groups in total. The molecule has 1 aliphatic rings. The number of anilines is 1. The molecule has 0 spiro atoms. The van der Waals surface area contributed by atoms with Gasteiger partial charge in [0.05, 0.1) is 0 Å². The molecular weight excluding hydrogens is 316 g/mol. The Hall–Kier alpha value is -1.92. The number of aromatic nitrogens is 2. The Bertz CT molecular complexity index is 650. The van der Waals surface area contributed by atoms with Gasteiger partial charge in [0.15, 0.2) is 0 Å². The first-order chi connectivity index (χ1) is 11.2. The Morgan fingerprint density at radius 1 is 1.17 bits per heavy atom. The number of piperidine rings is 1. The Morgan fingerprint density at radius 3 is 2.65 bits per heavy atom. The first kappa shape index (κ1) is 16.0. The zero-order valence-corrected chi connectivity index (χ0v) is 13.6. The SMILES string of the molecule is O=C(CCN1CCCCC1)Nc1nnc(-c2ccc(Cl)cc2)o1. The molecule has 0 saturated carbocycles. The van der Waals surface area contributed by atoms with Crippen molar-refractivity contribution >= 4 is 23.5 Å². The van der Waals surface area contributed by atoms with Gasteiger partial charge in [0.2, 0.25) is 11.8 Å². The quantitative estimate of drug-likeness (QED) is 0.909. The van der Waals surface area contributed by atoms with E-state index in [2.05, 4.69) is 20.4 Å². The van der Waals surface area contributed by atoms with E-state index in [1.807, 2.05) is 0 Å². The molecule has 1 aromatic heterocycles. The molecule has 1 fully saturated rings. The van der Waals surface area contributed by atoms with Crippen molar-refractivity contribution < 1.29 is 9.21 Å². The highest BCUT2D eigenvalue weighted by Crippen LogP contribution is 2.21. The van der Waals surface area contributed by atoms with Crippen molar-refractivity contribution in [2.24, 2.45) is 0 Å². The smallest absolute Gasteiger partial charge is 0.322 e. The third kappa shape index (κ3) is 4.53. The van der Waals surface area contributed by atoms with Gasteiger partial charge in [0.1, 0.15) is 0 Å². The van der Waals surface area contributed by atoms with E-state index in [0.717, 1.165) is 25.2 Å². The van der Waals surface area contributed by atoms with Gasteiger partial charge in [-0.3, -0.25) is 10.1 Å². The van der Waals surface area contributed by atoms with Crippen LogP contribution in [0.2, 0.25) is 5.02 Å². The topological polar surface area (TPSA) is 71.3 Å².